The lowest BCUT2D eigenvalue weighted by atomic mass is 9.93. The van der Waals surface area contributed by atoms with E-state index >= 15 is 0 Å². The number of benzene rings is 1. The second kappa shape index (κ2) is 6.40. The van der Waals surface area contributed by atoms with Gasteiger partial charge in [0.25, 0.3) is 0 Å². The molecule has 0 unspecified atom stereocenters. The summed E-state index contributed by atoms with van der Waals surface area (Å²) in [6, 6.07) is 7.11. The van der Waals surface area contributed by atoms with E-state index in [0.29, 0.717) is 18.5 Å². The molecular formula is C17H18F2N2O. The Balaban J connectivity index is 1.78. The molecule has 0 aliphatic heterocycles. The Kier molecular flexibility index (Phi) is 4.34. The van der Waals surface area contributed by atoms with E-state index in [0.717, 1.165) is 5.56 Å². The number of rotatable bonds is 5. The number of hydrogen-bond donors (Lipinski definition) is 1. The summed E-state index contributed by atoms with van der Waals surface area (Å²) in [6.07, 6.45) is 5.18. The van der Waals surface area contributed by atoms with E-state index in [9.17, 15) is 8.78 Å². The zero-order valence-electron chi connectivity index (χ0n) is 12.4. The van der Waals surface area contributed by atoms with Gasteiger partial charge in [-0.05, 0) is 37.5 Å². The van der Waals surface area contributed by atoms with Crippen molar-refractivity contribution in [1.82, 2.24) is 10.3 Å². The summed E-state index contributed by atoms with van der Waals surface area (Å²) >= 11 is 0. The molecule has 22 heavy (non-hydrogen) atoms. The van der Waals surface area contributed by atoms with Gasteiger partial charge in [-0.2, -0.15) is 4.39 Å². The maximum absolute atomic E-state index is 13.9. The fraction of sp³-hybridized carbons (Fsp3) is 0.353. The van der Waals surface area contributed by atoms with Crippen molar-refractivity contribution in [3.8, 4) is 11.6 Å². The number of ether oxygens (including phenoxy) is 1. The van der Waals surface area contributed by atoms with Crippen molar-refractivity contribution >= 4 is 0 Å². The van der Waals surface area contributed by atoms with Crippen molar-refractivity contribution in [2.24, 2.45) is 0 Å². The summed E-state index contributed by atoms with van der Waals surface area (Å²) in [5.41, 5.74) is 1.08. The van der Waals surface area contributed by atoms with Crippen molar-refractivity contribution in [3.63, 3.8) is 0 Å². The van der Waals surface area contributed by atoms with Gasteiger partial charge < -0.3 is 10.1 Å². The largest absolute Gasteiger partial charge is 0.435 e. The van der Waals surface area contributed by atoms with Crippen LogP contribution in [0.1, 0.15) is 30.4 Å². The van der Waals surface area contributed by atoms with Crippen LogP contribution in [-0.2, 0) is 6.54 Å². The van der Waals surface area contributed by atoms with Gasteiger partial charge in [-0.3, -0.25) is 0 Å². The topological polar surface area (TPSA) is 34.1 Å². The number of aryl methyl sites for hydroxylation is 1. The molecule has 0 spiro atoms. The highest BCUT2D eigenvalue weighted by Gasteiger charge is 2.18. The number of halogens is 2. The lowest BCUT2D eigenvalue weighted by molar-refractivity contribution is 0.334. The van der Waals surface area contributed by atoms with Crippen molar-refractivity contribution in [1.29, 1.82) is 0 Å². The average molecular weight is 304 g/mol. The zero-order chi connectivity index (χ0) is 15.5. The van der Waals surface area contributed by atoms with Crippen molar-refractivity contribution in [3.05, 3.63) is 53.2 Å². The van der Waals surface area contributed by atoms with Crippen LogP contribution in [0.3, 0.4) is 0 Å². The Morgan fingerprint density at radius 1 is 1.23 bits per heavy atom. The zero-order valence-corrected chi connectivity index (χ0v) is 12.4. The van der Waals surface area contributed by atoms with Gasteiger partial charge in [-0.15, -0.1) is 0 Å². The molecule has 1 N–H and O–H groups in total. The quantitative estimate of drug-likeness (QED) is 0.903. The van der Waals surface area contributed by atoms with E-state index in [2.05, 4.69) is 10.3 Å². The first-order valence-corrected chi connectivity index (χ1v) is 7.45. The number of hydrogen-bond acceptors (Lipinski definition) is 3. The molecule has 1 aliphatic rings. The molecule has 0 saturated heterocycles. The summed E-state index contributed by atoms with van der Waals surface area (Å²) in [4.78, 5) is 4.14. The fourth-order valence-electron chi connectivity index (χ4n) is 2.33. The predicted molar refractivity (Wildman–Crippen MR) is 79.9 cm³/mol. The summed E-state index contributed by atoms with van der Waals surface area (Å²) in [7, 11) is 0. The van der Waals surface area contributed by atoms with E-state index < -0.39 is 11.6 Å². The van der Waals surface area contributed by atoms with Gasteiger partial charge in [0.05, 0.1) is 0 Å². The molecule has 116 valence electrons. The second-order valence-corrected chi connectivity index (χ2v) is 5.59. The molecule has 1 aromatic heterocycles. The van der Waals surface area contributed by atoms with Crippen LogP contribution in [-0.4, -0.2) is 11.0 Å². The number of pyridine rings is 1. The molecule has 1 aliphatic carbocycles. The molecule has 3 rings (SSSR count). The summed E-state index contributed by atoms with van der Waals surface area (Å²) in [5.74, 6) is -1.71. The van der Waals surface area contributed by atoms with Gasteiger partial charge in [-0.25, -0.2) is 9.37 Å². The molecular weight excluding hydrogens is 286 g/mol. The minimum Gasteiger partial charge on any atom is -0.435 e. The minimum atomic E-state index is -0.983. The maximum Gasteiger partial charge on any atom is 0.223 e. The predicted octanol–water partition coefficient (Wildman–Crippen LogP) is 4.10. The smallest absolute Gasteiger partial charge is 0.223 e. The van der Waals surface area contributed by atoms with Crippen LogP contribution < -0.4 is 10.1 Å². The first-order valence-electron chi connectivity index (χ1n) is 7.45. The van der Waals surface area contributed by atoms with Crippen LogP contribution in [0.25, 0.3) is 0 Å². The maximum atomic E-state index is 13.9. The highest BCUT2D eigenvalue weighted by molar-refractivity contribution is 5.35. The normalized spacial score (nSPS) is 14.7. The van der Waals surface area contributed by atoms with Crippen molar-refractivity contribution < 1.29 is 13.5 Å². The van der Waals surface area contributed by atoms with Gasteiger partial charge in [0.15, 0.2) is 11.6 Å². The lowest BCUT2D eigenvalue weighted by Gasteiger charge is -2.26. The molecule has 2 aromatic rings. The van der Waals surface area contributed by atoms with E-state index in [1.807, 2.05) is 6.07 Å². The number of nitrogens with zero attached hydrogens (tertiary/aromatic N) is 1. The summed E-state index contributed by atoms with van der Waals surface area (Å²) in [5, 5.41) is 3.41. The number of nitrogens with one attached hydrogen (secondary N) is 1. The summed E-state index contributed by atoms with van der Waals surface area (Å²) < 4.78 is 33.0. The highest BCUT2D eigenvalue weighted by Crippen LogP contribution is 2.28. The molecule has 5 heteroatoms. The van der Waals surface area contributed by atoms with E-state index in [1.165, 1.54) is 38.3 Å². The van der Waals surface area contributed by atoms with Crippen molar-refractivity contribution in [2.45, 2.75) is 38.8 Å². The Bertz CT molecular complexity index is 672. The third-order valence-electron chi connectivity index (χ3n) is 3.98. The molecule has 0 radical (unpaired) electrons. The van der Waals surface area contributed by atoms with Gasteiger partial charge in [0.2, 0.25) is 11.7 Å². The van der Waals surface area contributed by atoms with Gasteiger partial charge in [0, 0.05) is 24.3 Å². The molecule has 1 saturated carbocycles. The molecule has 0 amide bonds. The molecule has 1 aromatic carbocycles. The number of aromatic nitrogens is 1. The first kappa shape index (κ1) is 14.9. The SMILES string of the molecule is Cc1ccc(Oc2ncccc2CNC2CCC2)c(F)c1F. The monoisotopic (exact) mass is 304 g/mol. The summed E-state index contributed by atoms with van der Waals surface area (Å²) in [6.45, 7) is 2.11. The third-order valence-corrected chi connectivity index (χ3v) is 3.98. The van der Waals surface area contributed by atoms with Crippen LogP contribution in [0, 0.1) is 18.6 Å². The molecule has 0 atom stereocenters. The first-order chi connectivity index (χ1) is 10.6. The molecule has 3 nitrogen and oxygen atoms in total. The highest BCUT2D eigenvalue weighted by atomic mass is 19.2. The Morgan fingerprint density at radius 2 is 2.05 bits per heavy atom. The van der Waals surface area contributed by atoms with Gasteiger partial charge in [0.1, 0.15) is 0 Å². The molecule has 1 heterocycles. The van der Waals surface area contributed by atoms with E-state index in [1.54, 1.807) is 12.3 Å². The fourth-order valence-corrected chi connectivity index (χ4v) is 2.33. The Morgan fingerprint density at radius 3 is 2.77 bits per heavy atom. The Labute approximate surface area is 128 Å². The van der Waals surface area contributed by atoms with Gasteiger partial charge in [-0.1, -0.05) is 18.6 Å². The van der Waals surface area contributed by atoms with E-state index in [4.69, 9.17) is 4.74 Å². The second-order valence-electron chi connectivity index (χ2n) is 5.59. The third kappa shape index (κ3) is 3.09. The van der Waals surface area contributed by atoms with Gasteiger partial charge >= 0.3 is 0 Å². The standard InChI is InChI=1S/C17H18F2N2O/c1-11-7-8-14(16(19)15(11)18)22-17-12(4-3-9-20-17)10-21-13-5-2-6-13/h3-4,7-9,13,21H,2,5-6,10H2,1H3. The van der Waals surface area contributed by atoms with Crippen LogP contribution in [0.5, 0.6) is 11.6 Å². The average Bonchev–Trinajstić information content (AvgIpc) is 2.48. The lowest BCUT2D eigenvalue weighted by Crippen LogP contribution is -2.34. The Hall–Kier alpha value is -2.01. The van der Waals surface area contributed by atoms with E-state index in [-0.39, 0.29) is 11.3 Å². The van der Waals surface area contributed by atoms with Crippen molar-refractivity contribution in [2.75, 3.05) is 0 Å². The van der Waals surface area contributed by atoms with Crippen LogP contribution in [0.4, 0.5) is 8.78 Å². The molecule has 1 fully saturated rings. The molecule has 0 bridgehead atoms. The minimum absolute atomic E-state index is 0.147. The van der Waals surface area contributed by atoms with Crippen LogP contribution in [0.15, 0.2) is 30.5 Å². The van der Waals surface area contributed by atoms with Crippen LogP contribution in [0.2, 0.25) is 0 Å². The van der Waals surface area contributed by atoms with Crippen LogP contribution >= 0.6 is 0 Å².